The molecule has 0 saturated carbocycles. The van der Waals surface area contributed by atoms with Crippen LogP contribution in [-0.4, -0.2) is 166 Å². The van der Waals surface area contributed by atoms with Crippen molar-refractivity contribution in [2.24, 2.45) is 0 Å². The molecule has 0 heterocycles. The van der Waals surface area contributed by atoms with Crippen molar-refractivity contribution in [3.63, 3.8) is 0 Å². The van der Waals surface area contributed by atoms with Gasteiger partial charge in [-0.1, -0.05) is 38.1 Å². The summed E-state index contributed by atoms with van der Waals surface area (Å²) in [7, 11) is -10.4. The molecular weight excluding hydrogens is 977 g/mol. The molecule has 0 aliphatic heterocycles. The third-order valence-electron chi connectivity index (χ3n) is 8.50. The Morgan fingerprint density at radius 2 is 0.687 bits per heavy atom. The van der Waals surface area contributed by atoms with Gasteiger partial charge in [0.1, 0.15) is 58.2 Å². The molecule has 0 radical (unpaired) electrons. The molecular formula is C39H52Na4O22S2. The second-order valence-corrected chi connectivity index (χ2v) is 16.6. The average Bonchev–Trinajstić information content (AvgIpc) is 3.21. The van der Waals surface area contributed by atoms with Crippen molar-refractivity contribution in [3.8, 4) is 11.5 Å². The number of carboxylic acids is 2. The minimum atomic E-state index is -5.22. The summed E-state index contributed by atoms with van der Waals surface area (Å²) in [5.41, 5.74) is 1.83. The van der Waals surface area contributed by atoms with Gasteiger partial charge in [0.2, 0.25) is 0 Å². The number of carboxylic acid groups (broad SMARTS) is 2. The van der Waals surface area contributed by atoms with Gasteiger partial charge < -0.3 is 76.3 Å². The van der Waals surface area contributed by atoms with E-state index in [0.29, 0.717) is 51.1 Å². The fourth-order valence-corrected chi connectivity index (χ4v) is 6.41. The van der Waals surface area contributed by atoms with Gasteiger partial charge in [0, 0.05) is 30.2 Å². The number of carbonyl (C=O) groups excluding carboxylic acids is 4. The first-order valence-corrected chi connectivity index (χ1v) is 22.3. The van der Waals surface area contributed by atoms with Crippen molar-refractivity contribution in [2.45, 2.75) is 42.6 Å². The molecule has 0 aliphatic carbocycles. The van der Waals surface area contributed by atoms with E-state index in [1.54, 1.807) is 0 Å². The number of benzene rings is 2. The molecule has 0 aromatic heterocycles. The molecule has 0 saturated heterocycles. The Kier molecular flexibility index (Phi) is 41.3. The molecule has 0 aliphatic rings. The van der Waals surface area contributed by atoms with Gasteiger partial charge in [0.25, 0.3) is 0 Å². The predicted octanol–water partition coefficient (Wildman–Crippen LogP) is -13.9. The van der Waals surface area contributed by atoms with E-state index in [1.165, 1.54) is 0 Å². The first-order valence-electron chi connectivity index (χ1n) is 19.4. The molecule has 2 rings (SSSR count). The van der Waals surface area contributed by atoms with Gasteiger partial charge in [-0.2, -0.15) is 0 Å². The monoisotopic (exact) mass is 1030 g/mol. The number of ether oxygens (including phenoxy) is 10. The Labute approximate surface area is 479 Å². The molecule has 2 aromatic rings. The van der Waals surface area contributed by atoms with Gasteiger partial charge >= 0.3 is 130 Å². The van der Waals surface area contributed by atoms with Crippen molar-refractivity contribution >= 4 is 44.1 Å². The first-order chi connectivity index (χ1) is 29.8. The minimum absolute atomic E-state index is 0. The average molecular weight is 1030 g/mol. The van der Waals surface area contributed by atoms with Crippen LogP contribution in [0.3, 0.4) is 0 Å². The summed E-state index contributed by atoms with van der Waals surface area (Å²) in [4.78, 5) is 44.5. The Morgan fingerprint density at radius 1 is 0.448 bits per heavy atom. The van der Waals surface area contributed by atoms with Crippen molar-refractivity contribution in [1.29, 1.82) is 0 Å². The Balaban J connectivity index is -0.0000102. The molecule has 22 nitrogen and oxygen atoms in total. The van der Waals surface area contributed by atoms with Crippen LogP contribution in [0, 0.1) is 0 Å². The van der Waals surface area contributed by atoms with Crippen LogP contribution in [0.5, 0.6) is 11.5 Å². The molecule has 2 unspecified atom stereocenters. The summed E-state index contributed by atoms with van der Waals surface area (Å²) in [6.07, 6.45) is -2.60. The topological polar surface area (TPSA) is 321 Å². The number of rotatable bonds is 36. The summed E-state index contributed by atoms with van der Waals surface area (Å²) < 4.78 is 119. The van der Waals surface area contributed by atoms with Crippen molar-refractivity contribution < 1.29 is 221 Å². The number of carbonyl (C=O) groups is 4. The zero-order valence-electron chi connectivity index (χ0n) is 38.8. The smallest absolute Gasteiger partial charge is 0.747 e. The molecule has 0 N–H and O–H groups in total. The summed E-state index contributed by atoms with van der Waals surface area (Å²) in [6.45, 7) is 6.22. The molecule has 2 aromatic carbocycles. The van der Waals surface area contributed by atoms with Crippen molar-refractivity contribution in [3.05, 3.63) is 59.7 Å². The van der Waals surface area contributed by atoms with E-state index in [2.05, 4.69) is 23.3 Å². The molecule has 0 bridgehead atoms. The second kappa shape index (κ2) is 39.1. The maximum Gasteiger partial charge on any atom is 1.00 e. The van der Waals surface area contributed by atoms with Crippen LogP contribution >= 0.6 is 0 Å². The standard InChI is InChI=1S/C39H56O22S2.4Na/c1-39(2,29-3-7-31(8-4-29)58-23-19-54-15-11-52-13-17-56-21-25-60-37(44)33(27-35(40)41)62(46,47)48)30-5-9-32(10-6-30)59-24-20-55-16-12-53-14-18-57-22-26-61-38(45)34(28-36(42)43)63(49,50)51;;;;/h3-10,33-34H,11-28H2,1-2H3,(H,40,41)(H,42,43)(H,46,47,48)(H,49,50,51);;;;/q;4*+1/p-4. The van der Waals surface area contributed by atoms with Crippen LogP contribution in [0.1, 0.15) is 37.8 Å². The van der Waals surface area contributed by atoms with Gasteiger partial charge in [0.15, 0.2) is 10.5 Å². The van der Waals surface area contributed by atoms with Crippen LogP contribution in [0.15, 0.2) is 48.5 Å². The maximum atomic E-state index is 11.7. The Bertz CT molecular complexity index is 1770. The number of aliphatic carboxylic acids is 2. The minimum Gasteiger partial charge on any atom is -0.747 e. The molecule has 67 heavy (non-hydrogen) atoms. The fraction of sp³-hybridized carbons (Fsp3) is 0.590. The van der Waals surface area contributed by atoms with Gasteiger partial charge in [-0.3, -0.25) is 9.59 Å². The van der Waals surface area contributed by atoms with Gasteiger partial charge in [0.05, 0.1) is 79.3 Å². The zero-order valence-corrected chi connectivity index (χ0v) is 48.4. The molecule has 28 heteroatoms. The van der Waals surface area contributed by atoms with E-state index in [4.69, 9.17) is 37.9 Å². The van der Waals surface area contributed by atoms with E-state index in [1.807, 2.05) is 48.5 Å². The largest absolute Gasteiger partial charge is 1.00 e. The van der Waals surface area contributed by atoms with Crippen LogP contribution in [0.25, 0.3) is 0 Å². The van der Waals surface area contributed by atoms with E-state index in [-0.39, 0.29) is 190 Å². The zero-order chi connectivity index (χ0) is 46.7. The van der Waals surface area contributed by atoms with Crippen molar-refractivity contribution in [1.82, 2.24) is 0 Å². The third kappa shape index (κ3) is 31.5. The normalized spacial score (nSPS) is 12.1. The van der Waals surface area contributed by atoms with Crippen LogP contribution < -0.4 is 138 Å². The van der Waals surface area contributed by atoms with Crippen molar-refractivity contribution in [2.75, 3.05) is 106 Å². The fourth-order valence-electron chi connectivity index (χ4n) is 5.12. The predicted molar refractivity (Wildman–Crippen MR) is 209 cm³/mol. The third-order valence-corrected chi connectivity index (χ3v) is 10.6. The molecule has 2 atom stereocenters. The van der Waals surface area contributed by atoms with Gasteiger partial charge in [-0.05, 0) is 35.4 Å². The Morgan fingerprint density at radius 3 is 0.925 bits per heavy atom. The molecule has 0 amide bonds. The van der Waals surface area contributed by atoms with Crippen LogP contribution in [0.2, 0.25) is 0 Å². The number of hydrogen-bond donors (Lipinski definition) is 0. The number of esters is 2. The molecule has 0 fully saturated rings. The van der Waals surface area contributed by atoms with Gasteiger partial charge in [-0.25, -0.2) is 16.8 Å². The second-order valence-electron chi connectivity index (χ2n) is 13.5. The Hall–Kier alpha value is -0.500. The van der Waals surface area contributed by atoms with E-state index in [0.717, 1.165) is 11.1 Å². The SMILES string of the molecule is CC(C)(c1ccc(OCCOCCOCCOCCOC(=O)C(CC(=O)[O-])S(=O)(=O)[O-])cc1)c1ccc(OCCOCCOCCOCCOC(=O)C(CC(=O)[O-])S(=O)(=O)[O-])cc1.[Na+].[Na+].[Na+].[Na+]. The van der Waals surface area contributed by atoms with Gasteiger partial charge in [-0.15, -0.1) is 0 Å². The van der Waals surface area contributed by atoms with E-state index < -0.39 is 67.5 Å². The van der Waals surface area contributed by atoms with Crippen LogP contribution in [0.4, 0.5) is 0 Å². The first kappa shape index (κ1) is 70.8. The summed E-state index contributed by atoms with van der Waals surface area (Å²) in [5, 5.41) is 16.4. The summed E-state index contributed by atoms with van der Waals surface area (Å²) >= 11 is 0. The summed E-state index contributed by atoms with van der Waals surface area (Å²) in [5.74, 6) is -5.37. The summed E-state index contributed by atoms with van der Waals surface area (Å²) in [6, 6.07) is 15.5. The maximum absolute atomic E-state index is 11.7. The molecule has 356 valence electrons. The van der Waals surface area contributed by atoms with Crippen LogP contribution in [-0.2, 0) is 82.7 Å². The van der Waals surface area contributed by atoms with E-state index in [9.17, 15) is 55.3 Å². The number of hydrogen-bond acceptors (Lipinski definition) is 22. The van der Waals surface area contributed by atoms with E-state index >= 15 is 0 Å². The quantitative estimate of drug-likeness (QED) is 0.0265. The molecule has 0 spiro atoms.